The Morgan fingerprint density at radius 1 is 0.716 bits per heavy atom. The van der Waals surface area contributed by atoms with Crippen molar-refractivity contribution < 1.29 is 211 Å². The Balaban J connectivity index is 0.00000514. The first-order chi connectivity index (χ1) is 29.9. The van der Waals surface area contributed by atoms with Gasteiger partial charge < -0.3 is 54.4 Å². The number of nitrogens with two attached hydrogens (primary N) is 1. The van der Waals surface area contributed by atoms with E-state index in [9.17, 15) is 74.0 Å². The van der Waals surface area contributed by atoms with Gasteiger partial charge in [0.05, 0.1) is 39.0 Å². The molecule has 0 unspecified atom stereocenters. The Hall–Kier alpha value is -2.72. The minimum Gasteiger partial charge on any atom is -0.744 e. The number of fused-ring (bicyclic) bond motifs is 1. The fraction of sp³-hybridized carbons (Fsp3) is 0.200. The number of hydrogen-bond acceptors (Lipinski definition) is 24. The second kappa shape index (κ2) is 24.9. The molecule has 7 N–H and O–H groups in total. The summed E-state index contributed by atoms with van der Waals surface area (Å²) < 4.78 is 121. The molecule has 32 heteroatoms. The first kappa shape index (κ1) is 60.4. The predicted molar refractivity (Wildman–Crippen MR) is 213 cm³/mol. The van der Waals surface area contributed by atoms with Gasteiger partial charge in [0.2, 0.25) is 5.88 Å². The first-order valence-corrected chi connectivity index (χ1v) is 21.9. The van der Waals surface area contributed by atoms with Crippen molar-refractivity contribution in [2.75, 3.05) is 26.4 Å². The Labute approximate surface area is 486 Å². The van der Waals surface area contributed by atoms with Gasteiger partial charge in [0.15, 0.2) is 5.75 Å². The van der Waals surface area contributed by atoms with E-state index in [0.717, 1.165) is 34.9 Å². The Kier molecular flexibility index (Phi) is 22.5. The van der Waals surface area contributed by atoms with Crippen LogP contribution in [-0.4, -0.2) is 101 Å². The van der Waals surface area contributed by atoms with E-state index in [2.05, 4.69) is 30.7 Å². The van der Waals surface area contributed by atoms with Gasteiger partial charge in [-0.2, -0.15) is 5.11 Å². The summed E-state index contributed by atoms with van der Waals surface area (Å²) >= 11 is 0. The van der Waals surface area contributed by atoms with Crippen LogP contribution in [0.5, 0.6) is 28.9 Å². The molecule has 1 heterocycles. The first-order valence-electron chi connectivity index (χ1n) is 17.6. The number of phenolic OH excluding ortho intramolecular Hbond substituents is 2. The largest absolute Gasteiger partial charge is 1.00 e. The van der Waals surface area contributed by atoms with Crippen LogP contribution in [0.2, 0.25) is 0 Å². The molecule has 0 atom stereocenters. The topological polar surface area (TPSA) is 430 Å². The van der Waals surface area contributed by atoms with Crippen molar-refractivity contribution in [2.45, 2.75) is 35.1 Å². The zero-order valence-electron chi connectivity index (χ0n) is 35.6. The molecule has 67 heavy (non-hydrogen) atoms. The fourth-order valence-electron chi connectivity index (χ4n) is 5.78. The van der Waals surface area contributed by atoms with Crippen LogP contribution in [0.4, 0.5) is 34.1 Å². The van der Waals surface area contributed by atoms with E-state index in [1.54, 1.807) is 0 Å². The summed E-state index contributed by atoms with van der Waals surface area (Å²) in [6.45, 7) is 0.534. The molecule has 5 rings (SSSR count). The molecule has 0 radical (unpaired) electrons. The van der Waals surface area contributed by atoms with Crippen molar-refractivity contribution in [1.82, 2.24) is 4.57 Å². The average molecular weight is 1050 g/mol. The van der Waals surface area contributed by atoms with E-state index in [0.29, 0.717) is 18.2 Å². The second-order valence-corrected chi connectivity index (χ2v) is 16.8. The third kappa shape index (κ3) is 14.2. The van der Waals surface area contributed by atoms with Crippen LogP contribution < -0.4 is 153 Å². The Morgan fingerprint density at radius 3 is 1.73 bits per heavy atom. The predicted octanol–water partition coefficient (Wildman–Crippen LogP) is -5.74. The molecule has 0 aliphatic rings. The summed E-state index contributed by atoms with van der Waals surface area (Å²) in [5.74, 6) is -4.74. The molecule has 0 spiro atoms. The van der Waals surface area contributed by atoms with Crippen molar-refractivity contribution >= 4 is 81.2 Å². The molecule has 0 aliphatic carbocycles. The van der Waals surface area contributed by atoms with Gasteiger partial charge in [-0.15, -0.1) is 25.6 Å². The number of primary amides is 1. The van der Waals surface area contributed by atoms with Gasteiger partial charge >= 0.3 is 132 Å². The van der Waals surface area contributed by atoms with Crippen LogP contribution in [0, 0.1) is 6.92 Å². The quantitative estimate of drug-likeness (QED) is 0.0287. The van der Waals surface area contributed by atoms with Crippen LogP contribution in [0.15, 0.2) is 98.7 Å². The molecule has 0 bridgehead atoms. The summed E-state index contributed by atoms with van der Waals surface area (Å²) in [5, 5.41) is 72.9. The van der Waals surface area contributed by atoms with Gasteiger partial charge in [-0.3, -0.25) is 14.2 Å². The maximum Gasteiger partial charge on any atom is 1.00 e. The summed E-state index contributed by atoms with van der Waals surface area (Å²) in [5.41, 5.74) is 0.726. The molecule has 0 aliphatic heterocycles. The number of carbonyl (C=O) groups is 1. The maximum atomic E-state index is 12.6. The van der Waals surface area contributed by atoms with E-state index < -0.39 is 134 Å². The molecule has 1 aromatic heterocycles. The SMILES string of the molecule is CCn1c(O)c(N=Nc2ccc(N=Nc3cc(OCCO)c(N=Nc4c(S(=O)(=O)[O-])cc5cc(S(=O)(=O)[O-])cc(O)c5c4O)cc3OCCO)c(S(=O)(=O)[O-])c2)c(C)c(C(N)=O)c1=O.[K+].[K+].[Na+]. The summed E-state index contributed by atoms with van der Waals surface area (Å²) in [7, 11) is -16.2. The molecule has 1 amide bonds. The number of azo groups is 3. The number of nitrogens with zero attached hydrogens (tertiary/aromatic N) is 7. The van der Waals surface area contributed by atoms with E-state index in [-0.39, 0.29) is 173 Å². The smallest absolute Gasteiger partial charge is 0.744 e. The van der Waals surface area contributed by atoms with E-state index in [4.69, 9.17) is 15.2 Å². The van der Waals surface area contributed by atoms with Gasteiger partial charge in [0.25, 0.3) is 11.5 Å². The van der Waals surface area contributed by atoms with Crippen LogP contribution in [0.25, 0.3) is 10.8 Å². The standard InChI is InChI=1S/C35H34N8O18S3.2K.Na/c1-3-43-34(49)28(33(36)48)16(2)30(35(43)50)41-37-18-4-5-20(26(12-18)63(54,55)56)38-39-21-14-25(61-9-7-45)22(15-24(21)60-8-6-44)40-42-31-27(64(57,58)59)11-17-10-19(62(51,52)53)13-23(46)29(17)32(31)47;;;/h4-5,10-15,44-47,50H,3,6-9H2,1-2H3,(H2,36,48)(H,51,52,53)(H,54,55,56)(H,57,58,59);;;/q;3*+1/p-3. The van der Waals surface area contributed by atoms with Crippen molar-refractivity contribution in [2.24, 2.45) is 36.4 Å². The fourth-order valence-corrected chi connectivity index (χ4v) is 7.59. The number of amides is 1. The third-order valence-electron chi connectivity index (χ3n) is 8.62. The minimum absolute atomic E-state index is 0. The van der Waals surface area contributed by atoms with Crippen molar-refractivity contribution in [3.05, 3.63) is 70.0 Å². The van der Waals surface area contributed by atoms with Gasteiger partial charge in [-0.25, -0.2) is 25.3 Å². The van der Waals surface area contributed by atoms with Crippen molar-refractivity contribution in [3.8, 4) is 28.9 Å². The van der Waals surface area contributed by atoms with Gasteiger partial charge in [0.1, 0.15) is 94.8 Å². The second-order valence-electron chi connectivity index (χ2n) is 12.7. The molecule has 0 fully saturated rings. The monoisotopic (exact) mass is 1050 g/mol. The van der Waals surface area contributed by atoms with Gasteiger partial charge in [-0.1, -0.05) is 0 Å². The van der Waals surface area contributed by atoms with Crippen LogP contribution >= 0.6 is 0 Å². The van der Waals surface area contributed by atoms with E-state index >= 15 is 0 Å². The number of aromatic hydroxyl groups is 3. The van der Waals surface area contributed by atoms with Crippen molar-refractivity contribution in [1.29, 1.82) is 0 Å². The van der Waals surface area contributed by atoms with Crippen LogP contribution in [0.3, 0.4) is 0 Å². The number of phenols is 2. The number of ether oxygens (including phenoxy) is 2. The number of hydrogen-bond donors (Lipinski definition) is 6. The average Bonchev–Trinajstić information content (AvgIpc) is 3.20. The summed E-state index contributed by atoms with van der Waals surface area (Å²) in [6.07, 6.45) is 0. The number of rotatable bonds is 17. The number of aliphatic hydroxyl groups is 2. The zero-order valence-corrected chi connectivity index (χ0v) is 46.3. The summed E-state index contributed by atoms with van der Waals surface area (Å²) in [4.78, 5) is 21.3. The number of aromatic nitrogens is 1. The zero-order chi connectivity index (χ0) is 47.5. The molecular weight excluding hydrogens is 1020 g/mol. The Bertz CT molecular complexity index is 3230. The summed E-state index contributed by atoms with van der Waals surface area (Å²) in [6, 6.07) is 6.42. The maximum absolute atomic E-state index is 12.6. The van der Waals surface area contributed by atoms with Crippen molar-refractivity contribution in [3.63, 3.8) is 0 Å². The van der Waals surface area contributed by atoms with Gasteiger partial charge in [-0.05, 0) is 55.6 Å². The Morgan fingerprint density at radius 2 is 1.24 bits per heavy atom. The van der Waals surface area contributed by atoms with Crippen LogP contribution in [-0.2, 0) is 36.9 Å². The number of pyridine rings is 1. The molecule has 0 saturated heterocycles. The van der Waals surface area contributed by atoms with E-state index in [1.165, 1.54) is 13.8 Å². The number of benzene rings is 4. The van der Waals surface area contributed by atoms with Gasteiger partial charge in [0, 0.05) is 24.2 Å². The number of carbonyl (C=O) groups excluding carboxylic acids is 1. The molecular formula is C35H31K2N8NaO18S3. The molecule has 4 aromatic carbocycles. The normalized spacial score (nSPS) is 12.0. The third-order valence-corrected chi connectivity index (χ3v) is 11.1. The molecule has 340 valence electrons. The molecule has 5 aromatic rings. The van der Waals surface area contributed by atoms with E-state index in [1.807, 2.05) is 0 Å². The van der Waals surface area contributed by atoms with Crippen LogP contribution in [0.1, 0.15) is 22.8 Å². The molecule has 0 saturated carbocycles. The molecule has 26 nitrogen and oxygen atoms in total. The minimum atomic E-state index is -5.57. The number of aliphatic hydroxyl groups excluding tert-OH is 2.